The van der Waals surface area contributed by atoms with E-state index in [1.807, 2.05) is 17.9 Å². The minimum Gasteiger partial charge on any atom is -0.377 e. The van der Waals surface area contributed by atoms with Crippen LogP contribution in [-0.2, 0) is 22.7 Å². The third kappa shape index (κ3) is 4.04. The van der Waals surface area contributed by atoms with E-state index in [4.69, 9.17) is 4.74 Å². The van der Waals surface area contributed by atoms with E-state index in [9.17, 15) is 4.79 Å². The first-order valence-electron chi connectivity index (χ1n) is 7.81. The Balaban J connectivity index is 1.63. The number of piperidine rings is 1. The van der Waals surface area contributed by atoms with Gasteiger partial charge in [-0.1, -0.05) is 0 Å². The van der Waals surface area contributed by atoms with E-state index in [0.717, 1.165) is 25.1 Å². The van der Waals surface area contributed by atoms with Crippen LogP contribution >= 0.6 is 11.5 Å². The molecule has 2 aromatic heterocycles. The van der Waals surface area contributed by atoms with E-state index < -0.39 is 0 Å². The number of carbonyl (C=O) groups excluding carboxylic acids is 1. The minimum atomic E-state index is -0.273. The van der Waals surface area contributed by atoms with Gasteiger partial charge in [0.2, 0.25) is 11.0 Å². The first kappa shape index (κ1) is 16.7. The first-order chi connectivity index (χ1) is 11.7. The van der Waals surface area contributed by atoms with Crippen molar-refractivity contribution in [3.8, 4) is 0 Å². The van der Waals surface area contributed by atoms with Crippen LogP contribution in [0.2, 0.25) is 0 Å². The fourth-order valence-corrected chi connectivity index (χ4v) is 3.30. The number of aryl methyl sites for hydroxylation is 1. The first-order valence-corrected chi connectivity index (χ1v) is 8.58. The van der Waals surface area contributed by atoms with Crippen molar-refractivity contribution in [1.82, 2.24) is 24.2 Å². The third-order valence-electron chi connectivity index (χ3n) is 3.76. The molecule has 3 rings (SSSR count). The van der Waals surface area contributed by atoms with Crippen molar-refractivity contribution in [3.63, 3.8) is 0 Å². The van der Waals surface area contributed by atoms with E-state index in [-0.39, 0.29) is 11.9 Å². The number of aromatic nitrogens is 4. The van der Waals surface area contributed by atoms with Gasteiger partial charge in [0.15, 0.2) is 5.82 Å². The molecule has 0 aromatic carbocycles. The van der Waals surface area contributed by atoms with E-state index in [1.54, 1.807) is 13.3 Å². The molecule has 0 bridgehead atoms. The van der Waals surface area contributed by atoms with Crippen molar-refractivity contribution < 1.29 is 9.53 Å². The number of hydrogen-bond donors (Lipinski definition) is 1. The van der Waals surface area contributed by atoms with Gasteiger partial charge in [0.1, 0.15) is 18.5 Å². The van der Waals surface area contributed by atoms with Gasteiger partial charge in [0.05, 0.1) is 12.2 Å². The van der Waals surface area contributed by atoms with E-state index >= 15 is 0 Å². The van der Waals surface area contributed by atoms with E-state index in [0.29, 0.717) is 29.9 Å². The minimum absolute atomic E-state index is 0.0704. The van der Waals surface area contributed by atoms with Gasteiger partial charge in [-0.15, -0.1) is 0 Å². The highest BCUT2D eigenvalue weighted by Crippen LogP contribution is 2.20. The number of likely N-dealkylation sites (tertiary alicyclic amines) is 1. The molecule has 8 nitrogen and oxygen atoms in total. The van der Waals surface area contributed by atoms with Gasteiger partial charge in [0.25, 0.3) is 0 Å². The lowest BCUT2D eigenvalue weighted by Gasteiger charge is -2.32. The summed E-state index contributed by atoms with van der Waals surface area (Å²) < 4.78 is 9.21. The molecule has 1 unspecified atom stereocenters. The molecular weight excluding hydrogens is 328 g/mol. The summed E-state index contributed by atoms with van der Waals surface area (Å²) in [6.07, 6.45) is 3.45. The summed E-state index contributed by atoms with van der Waals surface area (Å²) >= 11 is 1.25. The largest absolute Gasteiger partial charge is 0.377 e. The second-order valence-electron chi connectivity index (χ2n) is 5.64. The van der Waals surface area contributed by atoms with Gasteiger partial charge in [0, 0.05) is 31.4 Å². The molecule has 1 amide bonds. The number of carbonyl (C=O) groups is 1. The highest BCUT2D eigenvalue weighted by molar-refractivity contribution is 7.09. The van der Waals surface area contributed by atoms with Gasteiger partial charge in [-0.2, -0.15) is 4.37 Å². The molecule has 1 N–H and O–H groups in total. The second-order valence-corrected chi connectivity index (χ2v) is 6.39. The number of hydrogen-bond acceptors (Lipinski definition) is 8. The summed E-state index contributed by atoms with van der Waals surface area (Å²) in [5, 5.41) is 3.85. The summed E-state index contributed by atoms with van der Waals surface area (Å²) in [5.74, 6) is 1.41. The smallest absolute Gasteiger partial charge is 0.245 e. The summed E-state index contributed by atoms with van der Waals surface area (Å²) in [6, 6.07) is 1.57. The molecule has 2 aromatic rings. The average molecular weight is 348 g/mol. The Morgan fingerprint density at radius 3 is 3.12 bits per heavy atom. The molecular formula is C15H20N6O2S. The summed E-state index contributed by atoms with van der Waals surface area (Å²) in [6.45, 7) is 3.46. The number of nitrogens with zero attached hydrogens (tertiary/aromatic N) is 5. The topological polar surface area (TPSA) is 93.1 Å². The zero-order valence-electron chi connectivity index (χ0n) is 13.7. The molecule has 24 heavy (non-hydrogen) atoms. The van der Waals surface area contributed by atoms with Crippen molar-refractivity contribution in [2.75, 3.05) is 19.0 Å². The lowest BCUT2D eigenvalue weighted by molar-refractivity contribution is -0.134. The van der Waals surface area contributed by atoms with E-state index in [2.05, 4.69) is 24.6 Å². The molecule has 1 aliphatic rings. The number of nitrogens with one attached hydrogen (secondary N) is 1. The average Bonchev–Trinajstić information content (AvgIpc) is 2.99. The van der Waals surface area contributed by atoms with Crippen molar-refractivity contribution >= 4 is 22.6 Å². The van der Waals surface area contributed by atoms with E-state index in [1.165, 1.54) is 11.5 Å². The van der Waals surface area contributed by atoms with Gasteiger partial charge in [-0.3, -0.25) is 4.79 Å². The van der Waals surface area contributed by atoms with Crippen molar-refractivity contribution in [3.05, 3.63) is 29.6 Å². The molecule has 1 fully saturated rings. The predicted octanol–water partition coefficient (Wildman–Crippen LogP) is 1.39. The van der Waals surface area contributed by atoms with Crippen LogP contribution in [0.15, 0.2) is 12.3 Å². The second kappa shape index (κ2) is 7.63. The maximum absolute atomic E-state index is 12.7. The fourth-order valence-electron chi connectivity index (χ4n) is 2.67. The van der Waals surface area contributed by atoms with Crippen LogP contribution in [0.4, 0.5) is 5.13 Å². The maximum atomic E-state index is 12.7. The molecule has 1 aliphatic heterocycles. The molecule has 1 saturated heterocycles. The Kier molecular flexibility index (Phi) is 5.31. The Morgan fingerprint density at radius 1 is 1.46 bits per heavy atom. The highest BCUT2D eigenvalue weighted by Gasteiger charge is 2.29. The highest BCUT2D eigenvalue weighted by atomic mass is 32.1. The summed E-state index contributed by atoms with van der Waals surface area (Å²) in [4.78, 5) is 27.3. The quantitative estimate of drug-likeness (QED) is 0.843. The standard InChI is InChI=1S/C15H20N6O2S/c1-10-16-6-5-11(17-10)8-21-7-3-4-12(14(21)22)18-15-19-13(9-23-2)20-24-15/h5-6,12H,3-4,7-9H2,1-2H3,(H,18,19,20). The lowest BCUT2D eigenvalue weighted by atomic mass is 10.0. The Labute approximate surface area is 144 Å². The number of methoxy groups -OCH3 is 1. The van der Waals surface area contributed by atoms with Gasteiger partial charge in [-0.25, -0.2) is 15.0 Å². The molecule has 0 radical (unpaired) electrons. The lowest BCUT2D eigenvalue weighted by Crippen LogP contribution is -2.47. The fraction of sp³-hybridized carbons (Fsp3) is 0.533. The van der Waals surface area contributed by atoms with Crippen LogP contribution in [0.3, 0.4) is 0 Å². The SMILES string of the molecule is COCc1nsc(NC2CCCN(Cc3ccnc(C)n3)C2=O)n1. The Hall–Kier alpha value is -2.13. The van der Waals surface area contributed by atoms with Gasteiger partial charge < -0.3 is 15.0 Å². The molecule has 128 valence electrons. The number of amides is 1. The Bertz CT molecular complexity index is 707. The molecule has 9 heteroatoms. The number of ether oxygens (including phenoxy) is 1. The number of rotatable bonds is 6. The molecule has 0 saturated carbocycles. The molecule has 0 aliphatic carbocycles. The predicted molar refractivity (Wildman–Crippen MR) is 89.5 cm³/mol. The Morgan fingerprint density at radius 2 is 2.33 bits per heavy atom. The summed E-state index contributed by atoms with van der Waals surface area (Å²) in [5.41, 5.74) is 0.856. The van der Waals surface area contributed by atoms with Gasteiger partial charge >= 0.3 is 0 Å². The van der Waals surface area contributed by atoms with Crippen molar-refractivity contribution in [1.29, 1.82) is 0 Å². The van der Waals surface area contributed by atoms with Crippen molar-refractivity contribution in [2.24, 2.45) is 0 Å². The maximum Gasteiger partial charge on any atom is 0.245 e. The monoisotopic (exact) mass is 348 g/mol. The zero-order valence-corrected chi connectivity index (χ0v) is 14.5. The zero-order chi connectivity index (χ0) is 16.9. The van der Waals surface area contributed by atoms with Crippen molar-refractivity contribution in [2.45, 2.75) is 39.0 Å². The van der Waals surface area contributed by atoms with Crippen LogP contribution in [0.25, 0.3) is 0 Å². The van der Waals surface area contributed by atoms with Crippen LogP contribution in [0, 0.1) is 6.92 Å². The summed E-state index contributed by atoms with van der Waals surface area (Å²) in [7, 11) is 1.60. The van der Waals surface area contributed by atoms with Crippen LogP contribution in [-0.4, -0.2) is 49.8 Å². The number of anilines is 1. The normalized spacial score (nSPS) is 18.0. The third-order valence-corrected chi connectivity index (χ3v) is 4.44. The van der Waals surface area contributed by atoms with Crippen LogP contribution in [0.5, 0.6) is 0 Å². The molecule has 1 atom stereocenters. The molecule has 3 heterocycles. The molecule has 0 spiro atoms. The van der Waals surface area contributed by atoms with Crippen LogP contribution in [0.1, 0.15) is 30.2 Å². The van der Waals surface area contributed by atoms with Crippen LogP contribution < -0.4 is 5.32 Å². The van der Waals surface area contributed by atoms with Gasteiger partial charge in [-0.05, 0) is 25.8 Å².